The summed E-state index contributed by atoms with van der Waals surface area (Å²) in [6, 6.07) is 78.9. The lowest BCUT2D eigenvalue weighted by Crippen LogP contribution is -2.32. The van der Waals surface area contributed by atoms with E-state index in [-0.39, 0.29) is 6.04 Å². The Balaban J connectivity index is 1.09. The van der Waals surface area contributed by atoms with Gasteiger partial charge in [-0.05, 0) is 96.7 Å². The molecule has 0 aliphatic heterocycles. The molecule has 1 aromatic heterocycles. The number of anilines is 2. The van der Waals surface area contributed by atoms with Gasteiger partial charge in [0.15, 0.2) is 0 Å². The monoisotopic (exact) mass is 767 g/mol. The number of para-hydroxylation sites is 1. The van der Waals surface area contributed by atoms with Crippen molar-refractivity contribution in [2.75, 3.05) is 4.90 Å². The molecule has 1 heterocycles. The van der Waals surface area contributed by atoms with Crippen molar-refractivity contribution in [2.24, 2.45) is 0 Å². The fraction of sp³-hybridized carbons (Fsp3) is 0.0345. The molecule has 0 saturated carbocycles. The van der Waals surface area contributed by atoms with Gasteiger partial charge in [0.2, 0.25) is 0 Å². The van der Waals surface area contributed by atoms with Crippen molar-refractivity contribution in [1.29, 1.82) is 0 Å². The molecule has 0 radical (unpaired) electrons. The predicted molar refractivity (Wildman–Crippen MR) is 252 cm³/mol. The highest BCUT2D eigenvalue weighted by Gasteiger charge is 2.27. The molecule has 10 aromatic rings. The van der Waals surface area contributed by atoms with Crippen LogP contribution in [0, 0.1) is 0 Å². The fourth-order valence-corrected chi connectivity index (χ4v) is 9.26. The molecule has 0 amide bonds. The minimum absolute atomic E-state index is 0.00464. The van der Waals surface area contributed by atoms with E-state index in [0.29, 0.717) is 0 Å². The van der Waals surface area contributed by atoms with Crippen LogP contribution in [-0.2, 0) is 6.42 Å². The minimum Gasteiger partial charge on any atom is -0.460 e. The number of benzene rings is 9. The van der Waals surface area contributed by atoms with E-state index in [1.165, 1.54) is 66.4 Å². The van der Waals surface area contributed by atoms with Crippen LogP contribution in [0.4, 0.5) is 11.4 Å². The summed E-state index contributed by atoms with van der Waals surface area (Å²) in [4.78, 5) is 2.50. The maximum atomic E-state index is 6.57. The Bertz CT molecular complexity index is 3190. The topological polar surface area (TPSA) is 16.4 Å². The predicted octanol–water partition coefficient (Wildman–Crippen LogP) is 15.7. The first-order chi connectivity index (χ1) is 29.8. The number of rotatable bonds is 8. The smallest absolute Gasteiger partial charge is 0.134 e. The Labute approximate surface area is 351 Å². The lowest BCUT2D eigenvalue weighted by atomic mass is 9.84. The SMILES string of the molecule is C1=CC(N(c2cccc(-c3cccc(-c4ccccc4)c3-c3ccccc3-c3ccccc3)c2)c2cccc(-c3cccc4ccccc34)c2)Cc2oc3ccccc3c21. The zero-order chi connectivity index (χ0) is 39.8. The van der Waals surface area contributed by atoms with Crippen LogP contribution in [-0.4, -0.2) is 6.04 Å². The van der Waals surface area contributed by atoms with Crippen molar-refractivity contribution in [3.05, 3.63) is 236 Å². The van der Waals surface area contributed by atoms with Gasteiger partial charge in [-0.1, -0.05) is 200 Å². The lowest BCUT2D eigenvalue weighted by molar-refractivity contribution is 0.529. The highest BCUT2D eigenvalue weighted by Crippen LogP contribution is 2.46. The molecular formula is C58H41NO. The average Bonchev–Trinajstić information content (AvgIpc) is 3.70. The molecule has 1 atom stereocenters. The first kappa shape index (κ1) is 35.5. The molecule has 0 spiro atoms. The molecule has 1 aliphatic rings. The van der Waals surface area contributed by atoms with E-state index in [0.717, 1.165) is 40.1 Å². The Morgan fingerprint density at radius 1 is 0.400 bits per heavy atom. The normalized spacial score (nSPS) is 13.4. The highest BCUT2D eigenvalue weighted by molar-refractivity contribution is 6.01. The largest absolute Gasteiger partial charge is 0.460 e. The third-order valence-corrected chi connectivity index (χ3v) is 12.0. The highest BCUT2D eigenvalue weighted by atomic mass is 16.3. The first-order valence-corrected chi connectivity index (χ1v) is 20.8. The van der Waals surface area contributed by atoms with Gasteiger partial charge >= 0.3 is 0 Å². The molecule has 0 fully saturated rings. The zero-order valence-corrected chi connectivity index (χ0v) is 33.1. The van der Waals surface area contributed by atoms with Gasteiger partial charge in [-0.25, -0.2) is 0 Å². The van der Waals surface area contributed by atoms with E-state index >= 15 is 0 Å². The van der Waals surface area contributed by atoms with Crippen LogP contribution >= 0.6 is 0 Å². The van der Waals surface area contributed by atoms with Gasteiger partial charge < -0.3 is 9.32 Å². The molecular weight excluding hydrogens is 727 g/mol. The summed E-state index contributed by atoms with van der Waals surface area (Å²) in [6.45, 7) is 0. The van der Waals surface area contributed by atoms with Crippen LogP contribution in [0.15, 0.2) is 229 Å². The third kappa shape index (κ3) is 6.40. The van der Waals surface area contributed by atoms with E-state index < -0.39 is 0 Å². The quantitative estimate of drug-likeness (QED) is 0.153. The van der Waals surface area contributed by atoms with Crippen LogP contribution in [0.25, 0.3) is 83.5 Å². The Hall–Kier alpha value is -7.68. The summed E-state index contributed by atoms with van der Waals surface area (Å²) in [7, 11) is 0. The zero-order valence-electron chi connectivity index (χ0n) is 33.1. The van der Waals surface area contributed by atoms with Crippen molar-refractivity contribution in [3.63, 3.8) is 0 Å². The molecule has 1 aliphatic carbocycles. The Morgan fingerprint density at radius 2 is 0.900 bits per heavy atom. The molecule has 284 valence electrons. The summed E-state index contributed by atoms with van der Waals surface area (Å²) >= 11 is 0. The molecule has 0 N–H and O–H groups in total. The van der Waals surface area contributed by atoms with Gasteiger partial charge in [0.05, 0.1) is 6.04 Å². The standard InChI is InChI=1S/C58H41NO/c1-3-17-40(18-4-1)49-28-9-10-30-55(49)58-51(42-19-5-2-6-20-42)32-16-33-52(58)44-24-14-26-46(38-44)59(47-35-36-54-53-29-11-12-34-56(53)60-57(54)39-47)45-25-13-23-43(37-45)50-31-15-22-41-21-7-8-27-48(41)50/h1-38,47H,39H2. The van der Waals surface area contributed by atoms with Crippen molar-refractivity contribution >= 4 is 39.2 Å². The third-order valence-electron chi connectivity index (χ3n) is 12.0. The number of furan rings is 1. The molecule has 0 saturated heterocycles. The van der Waals surface area contributed by atoms with E-state index in [4.69, 9.17) is 4.42 Å². The molecule has 9 aromatic carbocycles. The van der Waals surface area contributed by atoms with Crippen molar-refractivity contribution in [3.8, 4) is 55.6 Å². The van der Waals surface area contributed by atoms with Crippen LogP contribution in [0.5, 0.6) is 0 Å². The van der Waals surface area contributed by atoms with Crippen molar-refractivity contribution < 1.29 is 4.42 Å². The van der Waals surface area contributed by atoms with E-state index in [9.17, 15) is 0 Å². The van der Waals surface area contributed by atoms with Gasteiger partial charge in [-0.2, -0.15) is 0 Å². The van der Waals surface area contributed by atoms with Crippen molar-refractivity contribution in [1.82, 2.24) is 0 Å². The number of hydrogen-bond acceptors (Lipinski definition) is 2. The Kier molecular flexibility index (Phi) is 9.02. The molecule has 60 heavy (non-hydrogen) atoms. The second kappa shape index (κ2) is 15.2. The summed E-state index contributed by atoms with van der Waals surface area (Å²) in [5, 5.41) is 3.65. The summed E-state index contributed by atoms with van der Waals surface area (Å²) < 4.78 is 6.57. The van der Waals surface area contributed by atoms with Crippen LogP contribution < -0.4 is 4.90 Å². The summed E-state index contributed by atoms with van der Waals surface area (Å²) in [5.74, 6) is 1.02. The van der Waals surface area contributed by atoms with E-state index in [1.54, 1.807) is 0 Å². The molecule has 0 bridgehead atoms. The van der Waals surface area contributed by atoms with E-state index in [2.05, 4.69) is 229 Å². The number of nitrogens with zero attached hydrogens (tertiary/aromatic N) is 1. The molecule has 1 unspecified atom stereocenters. The maximum Gasteiger partial charge on any atom is 0.134 e. The second-order valence-electron chi connectivity index (χ2n) is 15.6. The fourth-order valence-electron chi connectivity index (χ4n) is 9.26. The molecule has 2 heteroatoms. The van der Waals surface area contributed by atoms with Gasteiger partial charge in [0.1, 0.15) is 11.3 Å². The van der Waals surface area contributed by atoms with Crippen LogP contribution in [0.3, 0.4) is 0 Å². The van der Waals surface area contributed by atoms with Crippen molar-refractivity contribution in [2.45, 2.75) is 12.5 Å². The van der Waals surface area contributed by atoms with Gasteiger partial charge in [0, 0.05) is 28.7 Å². The number of hydrogen-bond donors (Lipinski definition) is 0. The first-order valence-electron chi connectivity index (χ1n) is 20.8. The van der Waals surface area contributed by atoms with Gasteiger partial charge in [-0.15, -0.1) is 0 Å². The molecule has 2 nitrogen and oxygen atoms in total. The van der Waals surface area contributed by atoms with Gasteiger partial charge in [0.25, 0.3) is 0 Å². The average molecular weight is 768 g/mol. The van der Waals surface area contributed by atoms with Crippen LogP contribution in [0.2, 0.25) is 0 Å². The Morgan fingerprint density at radius 3 is 1.65 bits per heavy atom. The second-order valence-corrected chi connectivity index (χ2v) is 15.6. The lowest BCUT2D eigenvalue weighted by Gasteiger charge is -2.34. The number of fused-ring (bicyclic) bond motifs is 4. The minimum atomic E-state index is 0.00464. The van der Waals surface area contributed by atoms with Crippen LogP contribution in [0.1, 0.15) is 11.3 Å². The summed E-state index contributed by atoms with van der Waals surface area (Å²) in [6.07, 6.45) is 5.37. The van der Waals surface area contributed by atoms with Gasteiger partial charge in [-0.3, -0.25) is 0 Å². The molecule has 11 rings (SSSR count). The van der Waals surface area contributed by atoms with E-state index in [1.807, 2.05) is 6.07 Å². The summed E-state index contributed by atoms with van der Waals surface area (Å²) in [5.41, 5.74) is 16.3. The maximum absolute atomic E-state index is 6.57.